The Morgan fingerprint density at radius 2 is 1.78 bits per heavy atom. The summed E-state index contributed by atoms with van der Waals surface area (Å²) >= 11 is 0. The van der Waals surface area contributed by atoms with E-state index in [1.807, 2.05) is 36.4 Å². The van der Waals surface area contributed by atoms with Crippen LogP contribution in [0.15, 0.2) is 54.4 Å². The van der Waals surface area contributed by atoms with Gasteiger partial charge in [-0.2, -0.15) is 0 Å². The number of nitrogens with zero attached hydrogens (tertiary/aromatic N) is 2. The van der Waals surface area contributed by atoms with Crippen LogP contribution >= 0.6 is 0 Å². The fourth-order valence-corrected chi connectivity index (χ4v) is 1.43. The summed E-state index contributed by atoms with van der Waals surface area (Å²) < 4.78 is 0. The summed E-state index contributed by atoms with van der Waals surface area (Å²) in [5, 5.41) is 2.63. The van der Waals surface area contributed by atoms with Crippen molar-refractivity contribution < 1.29 is 4.79 Å². The zero-order valence-electron chi connectivity index (χ0n) is 10.00. The number of hydrogen-bond acceptors (Lipinski definition) is 3. The van der Waals surface area contributed by atoms with E-state index in [1.165, 1.54) is 0 Å². The van der Waals surface area contributed by atoms with Crippen molar-refractivity contribution in [2.45, 2.75) is 6.92 Å². The summed E-state index contributed by atoms with van der Waals surface area (Å²) in [6, 6.07) is 11.4. The van der Waals surface area contributed by atoms with Crippen LogP contribution in [-0.2, 0) is 4.79 Å². The SMILES string of the molecule is C/C(=C\c1ccccc1)C(=O)Nc1ncccn1. The number of rotatable bonds is 3. The molecule has 0 saturated heterocycles. The third-order valence-electron chi connectivity index (χ3n) is 2.33. The van der Waals surface area contributed by atoms with E-state index in [0.29, 0.717) is 11.5 Å². The molecule has 0 spiro atoms. The number of hydrogen-bond donors (Lipinski definition) is 1. The number of carbonyl (C=O) groups is 1. The van der Waals surface area contributed by atoms with Crippen LogP contribution in [0.2, 0.25) is 0 Å². The second-order valence-electron chi connectivity index (χ2n) is 3.76. The summed E-state index contributed by atoms with van der Waals surface area (Å²) in [6.45, 7) is 1.76. The van der Waals surface area contributed by atoms with Gasteiger partial charge in [-0.1, -0.05) is 30.3 Å². The molecule has 2 rings (SSSR count). The maximum atomic E-state index is 11.9. The van der Waals surface area contributed by atoms with E-state index in [2.05, 4.69) is 15.3 Å². The number of aromatic nitrogens is 2. The summed E-state index contributed by atoms with van der Waals surface area (Å²) in [5.74, 6) is 0.105. The highest BCUT2D eigenvalue weighted by Crippen LogP contribution is 2.07. The molecule has 1 N–H and O–H groups in total. The molecular weight excluding hydrogens is 226 g/mol. The number of nitrogens with one attached hydrogen (secondary N) is 1. The molecular formula is C14H13N3O. The van der Waals surface area contributed by atoms with Crippen molar-refractivity contribution in [2.24, 2.45) is 0 Å². The van der Waals surface area contributed by atoms with Gasteiger partial charge in [0, 0.05) is 18.0 Å². The Bertz CT molecular complexity index is 550. The van der Waals surface area contributed by atoms with Gasteiger partial charge in [0.15, 0.2) is 0 Å². The van der Waals surface area contributed by atoms with E-state index >= 15 is 0 Å². The fourth-order valence-electron chi connectivity index (χ4n) is 1.43. The molecule has 0 unspecified atom stereocenters. The first-order valence-electron chi connectivity index (χ1n) is 5.57. The normalized spacial score (nSPS) is 11.1. The molecule has 0 bridgehead atoms. The Kier molecular flexibility index (Phi) is 3.81. The maximum absolute atomic E-state index is 11.9. The molecule has 1 aromatic heterocycles. The molecule has 4 heteroatoms. The van der Waals surface area contributed by atoms with Crippen molar-refractivity contribution in [1.82, 2.24) is 9.97 Å². The summed E-state index contributed by atoms with van der Waals surface area (Å²) in [7, 11) is 0. The van der Waals surface area contributed by atoms with E-state index in [0.717, 1.165) is 5.56 Å². The quantitative estimate of drug-likeness (QED) is 0.837. The fraction of sp³-hybridized carbons (Fsp3) is 0.0714. The molecule has 90 valence electrons. The molecule has 0 aliphatic rings. The zero-order valence-corrected chi connectivity index (χ0v) is 10.00. The minimum atomic E-state index is -0.204. The summed E-state index contributed by atoms with van der Waals surface area (Å²) in [6.07, 6.45) is 4.98. The van der Waals surface area contributed by atoms with Gasteiger partial charge < -0.3 is 0 Å². The van der Waals surface area contributed by atoms with Gasteiger partial charge in [0.25, 0.3) is 5.91 Å². The molecule has 18 heavy (non-hydrogen) atoms. The molecule has 0 radical (unpaired) electrons. The van der Waals surface area contributed by atoms with Gasteiger partial charge in [0.05, 0.1) is 0 Å². The van der Waals surface area contributed by atoms with E-state index in [-0.39, 0.29) is 5.91 Å². The van der Waals surface area contributed by atoms with Crippen molar-refractivity contribution >= 4 is 17.9 Å². The Labute approximate surface area is 105 Å². The molecule has 2 aromatic rings. The molecule has 1 heterocycles. The lowest BCUT2D eigenvalue weighted by Gasteiger charge is -2.03. The molecule has 1 aromatic carbocycles. The first kappa shape index (κ1) is 12.0. The standard InChI is InChI=1S/C14H13N3O/c1-11(10-12-6-3-2-4-7-12)13(18)17-14-15-8-5-9-16-14/h2-10H,1H3,(H,15,16,17,18)/b11-10+. The maximum Gasteiger partial charge on any atom is 0.253 e. The van der Waals surface area contributed by atoms with Gasteiger partial charge in [0.2, 0.25) is 5.95 Å². The molecule has 4 nitrogen and oxygen atoms in total. The van der Waals surface area contributed by atoms with Crippen LogP contribution in [0.1, 0.15) is 12.5 Å². The lowest BCUT2D eigenvalue weighted by Crippen LogP contribution is -2.14. The van der Waals surface area contributed by atoms with E-state index in [9.17, 15) is 4.79 Å². The number of amides is 1. The topological polar surface area (TPSA) is 54.9 Å². The predicted octanol–water partition coefficient (Wildman–Crippen LogP) is 2.52. The smallest absolute Gasteiger partial charge is 0.253 e. The lowest BCUT2D eigenvalue weighted by molar-refractivity contribution is -0.112. The second kappa shape index (κ2) is 5.72. The number of anilines is 1. The molecule has 0 aliphatic carbocycles. The molecule has 0 fully saturated rings. The Morgan fingerprint density at radius 1 is 1.11 bits per heavy atom. The van der Waals surface area contributed by atoms with Crippen LogP contribution in [-0.4, -0.2) is 15.9 Å². The number of benzene rings is 1. The van der Waals surface area contributed by atoms with Crippen molar-refractivity contribution in [3.05, 3.63) is 59.9 Å². The van der Waals surface area contributed by atoms with Crippen molar-refractivity contribution in [3.8, 4) is 0 Å². The van der Waals surface area contributed by atoms with E-state index in [4.69, 9.17) is 0 Å². The highest BCUT2D eigenvalue weighted by atomic mass is 16.1. The van der Waals surface area contributed by atoms with Crippen LogP contribution in [0, 0.1) is 0 Å². The average Bonchev–Trinajstić information content (AvgIpc) is 2.41. The second-order valence-corrected chi connectivity index (χ2v) is 3.76. The largest absolute Gasteiger partial charge is 0.291 e. The first-order chi connectivity index (χ1) is 8.75. The Hall–Kier alpha value is -2.49. The van der Waals surface area contributed by atoms with E-state index < -0.39 is 0 Å². The predicted molar refractivity (Wildman–Crippen MR) is 70.8 cm³/mol. The van der Waals surface area contributed by atoms with Crippen molar-refractivity contribution in [1.29, 1.82) is 0 Å². The van der Waals surface area contributed by atoms with Gasteiger partial charge in [-0.3, -0.25) is 10.1 Å². The average molecular weight is 239 g/mol. The highest BCUT2D eigenvalue weighted by Gasteiger charge is 2.05. The van der Waals surface area contributed by atoms with Crippen LogP contribution in [0.25, 0.3) is 6.08 Å². The van der Waals surface area contributed by atoms with Gasteiger partial charge in [-0.25, -0.2) is 9.97 Å². The van der Waals surface area contributed by atoms with Crippen LogP contribution < -0.4 is 5.32 Å². The molecule has 0 saturated carbocycles. The van der Waals surface area contributed by atoms with Gasteiger partial charge >= 0.3 is 0 Å². The third kappa shape index (κ3) is 3.25. The van der Waals surface area contributed by atoms with Crippen LogP contribution in [0.3, 0.4) is 0 Å². The van der Waals surface area contributed by atoms with Crippen LogP contribution in [0.4, 0.5) is 5.95 Å². The third-order valence-corrected chi connectivity index (χ3v) is 2.33. The molecule has 0 aliphatic heterocycles. The zero-order chi connectivity index (χ0) is 12.8. The van der Waals surface area contributed by atoms with Crippen molar-refractivity contribution in [2.75, 3.05) is 5.32 Å². The van der Waals surface area contributed by atoms with Gasteiger partial charge in [0.1, 0.15) is 0 Å². The van der Waals surface area contributed by atoms with Gasteiger partial charge in [-0.15, -0.1) is 0 Å². The number of carbonyl (C=O) groups excluding carboxylic acids is 1. The van der Waals surface area contributed by atoms with Crippen molar-refractivity contribution in [3.63, 3.8) is 0 Å². The summed E-state index contributed by atoms with van der Waals surface area (Å²) in [5.41, 5.74) is 1.59. The first-order valence-corrected chi connectivity index (χ1v) is 5.57. The monoisotopic (exact) mass is 239 g/mol. The molecule has 1 amide bonds. The highest BCUT2D eigenvalue weighted by molar-refractivity contribution is 6.05. The lowest BCUT2D eigenvalue weighted by atomic mass is 10.1. The van der Waals surface area contributed by atoms with E-state index in [1.54, 1.807) is 25.4 Å². The summed E-state index contributed by atoms with van der Waals surface area (Å²) in [4.78, 5) is 19.7. The van der Waals surface area contributed by atoms with Gasteiger partial charge in [-0.05, 0) is 24.6 Å². The minimum Gasteiger partial charge on any atom is -0.291 e. The molecule has 0 atom stereocenters. The Balaban J connectivity index is 2.08. The Morgan fingerprint density at radius 3 is 2.44 bits per heavy atom. The minimum absolute atomic E-state index is 0.204. The van der Waals surface area contributed by atoms with Crippen LogP contribution in [0.5, 0.6) is 0 Å².